The van der Waals surface area contributed by atoms with Crippen molar-refractivity contribution in [2.45, 2.75) is 39.3 Å². The highest BCUT2D eigenvalue weighted by molar-refractivity contribution is 5.89. The molecule has 1 N–H and O–H groups in total. The highest BCUT2D eigenvalue weighted by Crippen LogP contribution is 2.30. The molecule has 1 aromatic carbocycles. The van der Waals surface area contributed by atoms with E-state index < -0.39 is 0 Å². The summed E-state index contributed by atoms with van der Waals surface area (Å²) in [6, 6.07) is 12.3. The van der Waals surface area contributed by atoms with E-state index >= 15 is 0 Å². The van der Waals surface area contributed by atoms with E-state index in [2.05, 4.69) is 35.1 Å². The van der Waals surface area contributed by atoms with Gasteiger partial charge in [-0.1, -0.05) is 31.0 Å². The third kappa shape index (κ3) is 2.86. The average molecular weight is 297 g/mol. The largest absolute Gasteiger partial charge is 0.348 e. The molecule has 2 heterocycles. The van der Waals surface area contributed by atoms with Gasteiger partial charge in [-0.15, -0.1) is 0 Å². The van der Waals surface area contributed by atoms with Crippen LogP contribution in [0.5, 0.6) is 0 Å². The van der Waals surface area contributed by atoms with E-state index in [0.717, 1.165) is 31.6 Å². The van der Waals surface area contributed by atoms with Gasteiger partial charge in [-0.05, 0) is 37.6 Å². The summed E-state index contributed by atoms with van der Waals surface area (Å²) in [5, 5.41) is 3.03. The lowest BCUT2D eigenvalue weighted by Crippen LogP contribution is -2.44. The Morgan fingerprint density at radius 2 is 2.00 bits per heavy atom. The van der Waals surface area contributed by atoms with Crippen molar-refractivity contribution in [2.24, 2.45) is 0 Å². The van der Waals surface area contributed by atoms with Crippen molar-refractivity contribution in [1.82, 2.24) is 9.47 Å². The van der Waals surface area contributed by atoms with Crippen LogP contribution in [0.2, 0.25) is 0 Å². The van der Waals surface area contributed by atoms with Gasteiger partial charge in [0.25, 0.3) is 0 Å². The fraction of sp³-hybridized carbons (Fsp3) is 0.389. The number of hydrogen-bond acceptors (Lipinski definition) is 1. The molecule has 4 heteroatoms. The maximum atomic E-state index is 12.7. The van der Waals surface area contributed by atoms with Crippen LogP contribution >= 0.6 is 0 Å². The van der Waals surface area contributed by atoms with E-state index in [0.29, 0.717) is 0 Å². The molecule has 0 saturated carbocycles. The maximum Gasteiger partial charge on any atom is 0.322 e. The molecule has 4 nitrogen and oxygen atoms in total. The third-order valence-electron chi connectivity index (χ3n) is 4.29. The van der Waals surface area contributed by atoms with Gasteiger partial charge >= 0.3 is 6.03 Å². The Hall–Kier alpha value is -2.23. The number of nitrogens with one attached hydrogen (secondary N) is 1. The van der Waals surface area contributed by atoms with Gasteiger partial charge in [0.1, 0.15) is 0 Å². The predicted octanol–water partition coefficient (Wildman–Crippen LogP) is 4.19. The molecule has 1 atom stereocenters. The number of rotatable bonds is 3. The number of amides is 2. The van der Waals surface area contributed by atoms with Gasteiger partial charge in [-0.25, -0.2) is 4.79 Å². The fourth-order valence-corrected chi connectivity index (χ4v) is 3.12. The van der Waals surface area contributed by atoms with Crippen molar-refractivity contribution in [3.63, 3.8) is 0 Å². The molecule has 116 valence electrons. The summed E-state index contributed by atoms with van der Waals surface area (Å²) >= 11 is 0. The summed E-state index contributed by atoms with van der Waals surface area (Å²) in [4.78, 5) is 14.6. The van der Waals surface area contributed by atoms with Crippen molar-refractivity contribution < 1.29 is 4.79 Å². The number of urea groups is 1. The summed E-state index contributed by atoms with van der Waals surface area (Å²) in [5.74, 6) is 0. The second kappa shape index (κ2) is 6.26. The Labute approximate surface area is 131 Å². The summed E-state index contributed by atoms with van der Waals surface area (Å²) in [6.45, 7) is 5.83. The van der Waals surface area contributed by atoms with Crippen LogP contribution in [-0.2, 0) is 6.54 Å². The number of hydrogen-bond donors (Lipinski definition) is 1. The zero-order valence-electron chi connectivity index (χ0n) is 13.2. The normalized spacial score (nSPS) is 17.2. The van der Waals surface area contributed by atoms with Crippen LogP contribution < -0.4 is 5.32 Å². The molecule has 0 radical (unpaired) electrons. The van der Waals surface area contributed by atoms with Gasteiger partial charge in [0.05, 0.1) is 6.04 Å². The average Bonchev–Trinajstić information content (AvgIpc) is 2.99. The van der Waals surface area contributed by atoms with Crippen LogP contribution in [0.15, 0.2) is 42.6 Å². The van der Waals surface area contributed by atoms with Gasteiger partial charge in [-0.2, -0.15) is 0 Å². The zero-order chi connectivity index (χ0) is 15.5. The van der Waals surface area contributed by atoms with Crippen LogP contribution in [0.25, 0.3) is 0 Å². The number of benzene rings is 1. The predicted molar refractivity (Wildman–Crippen MR) is 89.0 cm³/mol. The monoisotopic (exact) mass is 297 g/mol. The van der Waals surface area contributed by atoms with Crippen LogP contribution in [0.1, 0.15) is 37.1 Å². The smallest absolute Gasteiger partial charge is 0.322 e. The zero-order valence-corrected chi connectivity index (χ0v) is 13.2. The van der Waals surface area contributed by atoms with Crippen LogP contribution in [0, 0.1) is 6.92 Å². The van der Waals surface area contributed by atoms with Crippen LogP contribution in [0.3, 0.4) is 0 Å². The van der Waals surface area contributed by atoms with Gasteiger partial charge in [0.15, 0.2) is 0 Å². The fourth-order valence-electron chi connectivity index (χ4n) is 3.12. The van der Waals surface area contributed by atoms with Gasteiger partial charge in [-0.3, -0.25) is 0 Å². The minimum absolute atomic E-state index is 0.00486. The molecule has 3 rings (SSSR count). The van der Waals surface area contributed by atoms with E-state index in [1.54, 1.807) is 0 Å². The first-order valence-corrected chi connectivity index (χ1v) is 7.98. The van der Waals surface area contributed by atoms with E-state index in [1.165, 1.54) is 11.3 Å². The SMILES string of the molecule is CCC[C@H]1c2cccn2CCN1C(=O)Nc1ccc(C)cc1. The molecule has 0 spiro atoms. The van der Waals surface area contributed by atoms with E-state index in [-0.39, 0.29) is 12.1 Å². The first-order valence-electron chi connectivity index (χ1n) is 7.98. The Morgan fingerprint density at radius 3 is 2.73 bits per heavy atom. The molecule has 0 unspecified atom stereocenters. The molecule has 2 amide bonds. The molecule has 0 aliphatic carbocycles. The molecule has 1 aromatic heterocycles. The summed E-state index contributed by atoms with van der Waals surface area (Å²) < 4.78 is 2.26. The van der Waals surface area contributed by atoms with Crippen molar-refractivity contribution in [2.75, 3.05) is 11.9 Å². The Bertz CT molecular complexity index is 645. The highest BCUT2D eigenvalue weighted by atomic mass is 16.2. The van der Waals surface area contributed by atoms with Gasteiger partial charge in [0, 0.05) is 30.7 Å². The molecule has 1 aliphatic rings. The number of nitrogens with zero attached hydrogens (tertiary/aromatic N) is 2. The van der Waals surface area contributed by atoms with Crippen LogP contribution in [-0.4, -0.2) is 22.0 Å². The molecule has 0 saturated heterocycles. The molecule has 2 aromatic rings. The number of carbonyl (C=O) groups excluding carboxylic acids is 1. The van der Waals surface area contributed by atoms with Gasteiger partial charge < -0.3 is 14.8 Å². The number of aryl methyl sites for hydroxylation is 1. The number of carbonyl (C=O) groups is 1. The summed E-state index contributed by atoms with van der Waals surface area (Å²) in [7, 11) is 0. The Kier molecular flexibility index (Phi) is 4.18. The first-order chi connectivity index (χ1) is 10.7. The first kappa shape index (κ1) is 14.7. The quantitative estimate of drug-likeness (QED) is 0.906. The lowest BCUT2D eigenvalue weighted by atomic mass is 10.0. The second-order valence-corrected chi connectivity index (χ2v) is 5.92. The standard InChI is InChI=1S/C18H23N3O/c1-3-5-17-16-6-4-11-20(16)12-13-21(17)18(22)19-15-9-7-14(2)8-10-15/h4,6-11,17H,3,5,12-13H2,1-2H3,(H,19,22)/t17-/m0/s1. The molecule has 0 bridgehead atoms. The second-order valence-electron chi connectivity index (χ2n) is 5.92. The molecular formula is C18H23N3O. The Morgan fingerprint density at radius 1 is 1.23 bits per heavy atom. The van der Waals surface area contributed by atoms with Crippen LogP contribution in [0.4, 0.5) is 10.5 Å². The molecular weight excluding hydrogens is 274 g/mol. The summed E-state index contributed by atoms with van der Waals surface area (Å²) in [5.41, 5.74) is 3.29. The molecule has 0 fully saturated rings. The maximum absolute atomic E-state index is 12.7. The molecule has 22 heavy (non-hydrogen) atoms. The van der Waals surface area contributed by atoms with Crippen molar-refractivity contribution >= 4 is 11.7 Å². The van der Waals surface area contributed by atoms with Crippen molar-refractivity contribution in [1.29, 1.82) is 0 Å². The van der Waals surface area contributed by atoms with E-state index in [4.69, 9.17) is 0 Å². The Balaban J connectivity index is 1.77. The molecule has 1 aliphatic heterocycles. The third-order valence-corrected chi connectivity index (χ3v) is 4.29. The van der Waals surface area contributed by atoms with E-state index in [1.807, 2.05) is 36.1 Å². The lowest BCUT2D eigenvalue weighted by Gasteiger charge is -2.37. The summed E-state index contributed by atoms with van der Waals surface area (Å²) in [6.07, 6.45) is 4.16. The minimum Gasteiger partial charge on any atom is -0.348 e. The highest BCUT2D eigenvalue weighted by Gasteiger charge is 2.30. The van der Waals surface area contributed by atoms with Crippen molar-refractivity contribution in [3.8, 4) is 0 Å². The number of anilines is 1. The minimum atomic E-state index is -0.00486. The van der Waals surface area contributed by atoms with Gasteiger partial charge in [0.2, 0.25) is 0 Å². The number of aromatic nitrogens is 1. The van der Waals surface area contributed by atoms with E-state index in [9.17, 15) is 4.79 Å². The lowest BCUT2D eigenvalue weighted by molar-refractivity contribution is 0.163. The number of fused-ring (bicyclic) bond motifs is 1. The van der Waals surface area contributed by atoms with Crippen molar-refractivity contribution in [3.05, 3.63) is 53.9 Å². The topological polar surface area (TPSA) is 37.3 Å².